The molecular formula is C30H19N3S. The van der Waals surface area contributed by atoms with Gasteiger partial charge in [0.05, 0.1) is 16.7 Å². The number of thiophene rings is 1. The third kappa shape index (κ3) is 2.96. The van der Waals surface area contributed by atoms with Gasteiger partial charge in [0.25, 0.3) is 0 Å². The van der Waals surface area contributed by atoms with E-state index in [1.807, 2.05) is 6.07 Å². The van der Waals surface area contributed by atoms with Crippen molar-refractivity contribution in [2.75, 3.05) is 0 Å². The minimum Gasteiger partial charge on any atom is -0.278 e. The van der Waals surface area contributed by atoms with E-state index in [9.17, 15) is 0 Å². The molecule has 7 rings (SSSR count). The van der Waals surface area contributed by atoms with Gasteiger partial charge in [0.15, 0.2) is 0 Å². The summed E-state index contributed by atoms with van der Waals surface area (Å²) in [5, 5.41) is 5.60. The first-order chi connectivity index (χ1) is 16.9. The first-order valence-corrected chi connectivity index (χ1v) is 12.1. The van der Waals surface area contributed by atoms with Crippen LogP contribution in [0.4, 0.5) is 0 Å². The van der Waals surface area contributed by atoms with Crippen LogP contribution in [0.1, 0.15) is 0 Å². The summed E-state index contributed by atoms with van der Waals surface area (Å²) in [5.41, 5.74) is 6.66. The lowest BCUT2D eigenvalue weighted by atomic mass is 10.0. The molecule has 34 heavy (non-hydrogen) atoms. The maximum Gasteiger partial charge on any atom is 0.236 e. The van der Waals surface area contributed by atoms with Crippen LogP contribution in [-0.4, -0.2) is 14.5 Å². The van der Waals surface area contributed by atoms with Gasteiger partial charge in [-0.1, -0.05) is 84.9 Å². The van der Waals surface area contributed by atoms with E-state index < -0.39 is 0 Å². The van der Waals surface area contributed by atoms with E-state index in [0.29, 0.717) is 5.95 Å². The second kappa shape index (κ2) is 7.65. The van der Waals surface area contributed by atoms with Gasteiger partial charge in [-0.05, 0) is 40.8 Å². The average molecular weight is 454 g/mol. The van der Waals surface area contributed by atoms with Crippen LogP contribution in [-0.2, 0) is 0 Å². The highest BCUT2D eigenvalue weighted by molar-refractivity contribution is 7.16. The van der Waals surface area contributed by atoms with Crippen molar-refractivity contribution in [3.05, 3.63) is 115 Å². The van der Waals surface area contributed by atoms with Gasteiger partial charge in [-0.3, -0.25) is 4.57 Å². The van der Waals surface area contributed by atoms with Gasteiger partial charge in [-0.25, -0.2) is 9.97 Å². The van der Waals surface area contributed by atoms with Crippen molar-refractivity contribution in [1.82, 2.24) is 14.5 Å². The number of nitrogens with zero attached hydrogens (tertiary/aromatic N) is 3. The molecule has 0 saturated heterocycles. The van der Waals surface area contributed by atoms with Crippen molar-refractivity contribution in [3.8, 4) is 28.3 Å². The van der Waals surface area contributed by atoms with Crippen LogP contribution in [0.5, 0.6) is 0 Å². The lowest BCUT2D eigenvalue weighted by Crippen LogP contribution is -2.02. The molecule has 0 unspecified atom stereocenters. The lowest BCUT2D eigenvalue weighted by Gasteiger charge is -2.11. The zero-order valence-corrected chi connectivity index (χ0v) is 19.0. The summed E-state index contributed by atoms with van der Waals surface area (Å²) in [4.78, 5) is 11.2. The molecule has 160 valence electrons. The summed E-state index contributed by atoms with van der Waals surface area (Å²) in [6.07, 6.45) is 0. The number of para-hydroxylation sites is 2. The second-order valence-corrected chi connectivity index (χ2v) is 9.22. The Morgan fingerprint density at radius 2 is 1.18 bits per heavy atom. The smallest absolute Gasteiger partial charge is 0.236 e. The lowest BCUT2D eigenvalue weighted by molar-refractivity contribution is 1.02. The van der Waals surface area contributed by atoms with Crippen molar-refractivity contribution < 1.29 is 0 Å². The molecule has 0 spiro atoms. The topological polar surface area (TPSA) is 30.7 Å². The molecule has 3 nitrogen and oxygen atoms in total. The maximum absolute atomic E-state index is 5.18. The van der Waals surface area contributed by atoms with Gasteiger partial charge in [-0.15, -0.1) is 11.3 Å². The number of benzene rings is 4. The first kappa shape index (κ1) is 19.2. The minimum atomic E-state index is 0.701. The SMILES string of the molecule is c1ccc(-c2cccc(-c3nc(-n4c5ccccc5c5ccccc54)nc4sccc34)c2)cc1. The Bertz CT molecular complexity index is 1760. The molecule has 0 fully saturated rings. The van der Waals surface area contributed by atoms with Crippen LogP contribution < -0.4 is 0 Å². The third-order valence-corrected chi connectivity index (χ3v) is 7.14. The van der Waals surface area contributed by atoms with Crippen LogP contribution in [0.25, 0.3) is 60.4 Å². The molecule has 4 aromatic carbocycles. The molecule has 0 aliphatic heterocycles. The highest BCUT2D eigenvalue weighted by atomic mass is 32.1. The van der Waals surface area contributed by atoms with Crippen LogP contribution in [0.15, 0.2) is 115 Å². The fraction of sp³-hybridized carbons (Fsp3) is 0. The summed E-state index contributed by atoms with van der Waals surface area (Å²) < 4.78 is 2.19. The van der Waals surface area contributed by atoms with E-state index in [2.05, 4.69) is 113 Å². The molecule has 0 saturated carbocycles. The van der Waals surface area contributed by atoms with Crippen molar-refractivity contribution in [1.29, 1.82) is 0 Å². The largest absolute Gasteiger partial charge is 0.278 e. The summed E-state index contributed by atoms with van der Waals surface area (Å²) in [6, 6.07) is 38.2. The summed E-state index contributed by atoms with van der Waals surface area (Å²) >= 11 is 1.65. The number of aromatic nitrogens is 3. The molecule has 7 aromatic rings. The van der Waals surface area contributed by atoms with E-state index in [0.717, 1.165) is 32.5 Å². The van der Waals surface area contributed by atoms with Crippen LogP contribution in [0, 0.1) is 0 Å². The Kier molecular flexibility index (Phi) is 4.32. The molecule has 4 heteroatoms. The Labute approximate surface area is 200 Å². The highest BCUT2D eigenvalue weighted by Crippen LogP contribution is 2.35. The van der Waals surface area contributed by atoms with Crippen molar-refractivity contribution >= 4 is 43.4 Å². The quantitative estimate of drug-likeness (QED) is 0.270. The Hall–Kier alpha value is -4.28. The predicted octanol–water partition coefficient (Wildman–Crippen LogP) is 8.12. The third-order valence-electron chi connectivity index (χ3n) is 6.34. The molecular weight excluding hydrogens is 434 g/mol. The number of hydrogen-bond acceptors (Lipinski definition) is 3. The molecule has 3 aromatic heterocycles. The maximum atomic E-state index is 5.18. The molecule has 0 N–H and O–H groups in total. The average Bonchev–Trinajstić information content (AvgIpc) is 3.51. The Balaban J connectivity index is 1.51. The molecule has 0 amide bonds. The van der Waals surface area contributed by atoms with E-state index >= 15 is 0 Å². The highest BCUT2D eigenvalue weighted by Gasteiger charge is 2.17. The molecule has 0 aliphatic rings. The summed E-state index contributed by atoms with van der Waals surface area (Å²) in [7, 11) is 0. The molecule has 3 heterocycles. The van der Waals surface area contributed by atoms with E-state index in [-0.39, 0.29) is 0 Å². The van der Waals surface area contributed by atoms with E-state index in [1.165, 1.54) is 21.9 Å². The fourth-order valence-electron chi connectivity index (χ4n) is 4.78. The predicted molar refractivity (Wildman–Crippen MR) is 143 cm³/mol. The Morgan fingerprint density at radius 1 is 0.529 bits per heavy atom. The van der Waals surface area contributed by atoms with Gasteiger partial charge >= 0.3 is 0 Å². The van der Waals surface area contributed by atoms with Gasteiger partial charge in [0, 0.05) is 21.7 Å². The van der Waals surface area contributed by atoms with Crippen LogP contribution in [0.3, 0.4) is 0 Å². The standard InChI is InChI=1S/C30H19N3S/c1-2-9-20(10-3-1)21-11-8-12-22(19-21)28-25-17-18-34-29(25)32-30(31-28)33-26-15-6-4-13-23(26)24-14-5-7-16-27(24)33/h1-19H. The number of rotatable bonds is 3. The molecule has 0 atom stereocenters. The monoisotopic (exact) mass is 453 g/mol. The van der Waals surface area contributed by atoms with Crippen LogP contribution >= 0.6 is 11.3 Å². The normalized spacial score (nSPS) is 11.5. The van der Waals surface area contributed by atoms with Gasteiger partial charge < -0.3 is 0 Å². The van der Waals surface area contributed by atoms with Gasteiger partial charge in [0.1, 0.15) is 4.83 Å². The zero-order valence-electron chi connectivity index (χ0n) is 18.2. The van der Waals surface area contributed by atoms with Gasteiger partial charge in [0.2, 0.25) is 5.95 Å². The zero-order chi connectivity index (χ0) is 22.5. The summed E-state index contributed by atoms with van der Waals surface area (Å²) in [5.74, 6) is 0.701. The van der Waals surface area contributed by atoms with E-state index in [1.54, 1.807) is 11.3 Å². The molecule has 0 aliphatic carbocycles. The van der Waals surface area contributed by atoms with Gasteiger partial charge in [-0.2, -0.15) is 0 Å². The van der Waals surface area contributed by atoms with Crippen molar-refractivity contribution in [3.63, 3.8) is 0 Å². The Morgan fingerprint density at radius 3 is 1.94 bits per heavy atom. The van der Waals surface area contributed by atoms with Crippen LogP contribution in [0.2, 0.25) is 0 Å². The van der Waals surface area contributed by atoms with E-state index in [4.69, 9.17) is 9.97 Å². The first-order valence-electron chi connectivity index (χ1n) is 11.3. The van der Waals surface area contributed by atoms with Crippen molar-refractivity contribution in [2.24, 2.45) is 0 Å². The summed E-state index contributed by atoms with van der Waals surface area (Å²) in [6.45, 7) is 0. The number of fused-ring (bicyclic) bond motifs is 4. The molecule has 0 bridgehead atoms. The minimum absolute atomic E-state index is 0.701. The molecule has 0 radical (unpaired) electrons. The van der Waals surface area contributed by atoms with Crippen molar-refractivity contribution in [2.45, 2.75) is 0 Å². The second-order valence-electron chi connectivity index (χ2n) is 8.33. The fourth-order valence-corrected chi connectivity index (χ4v) is 5.54. The number of hydrogen-bond donors (Lipinski definition) is 0.